The van der Waals surface area contributed by atoms with Crippen LogP contribution in [0.3, 0.4) is 0 Å². The standard InChI is InChI=1S/C68H46N4O8/c1-47(78-65(74)57(43-70)61(50-30-14-4-15-31-50)51-32-16-5-17-33-51)68(79-66(75)58(44-71)62(52-34-18-6-19-35-52)53-36-20-7-21-37-53,80-67(76)59(45-72)63(54-38-22-8-23-39-54)55-40-24-9-25-41-55)46-77-64(73)56(42-69)60(48-26-10-2-11-27-48)49-28-12-3-13-29-49/h2-41,47H,46H2,1H3. The number of hydrogen-bond donors (Lipinski definition) is 0. The van der Waals surface area contributed by atoms with Gasteiger partial charge >= 0.3 is 29.7 Å². The second-order valence-corrected chi connectivity index (χ2v) is 17.6. The molecule has 8 aromatic rings. The van der Waals surface area contributed by atoms with Crippen LogP contribution in [0.15, 0.2) is 265 Å². The van der Waals surface area contributed by atoms with E-state index >= 15 is 9.59 Å². The third-order valence-corrected chi connectivity index (χ3v) is 12.6. The van der Waals surface area contributed by atoms with Crippen molar-refractivity contribution >= 4 is 46.2 Å². The van der Waals surface area contributed by atoms with E-state index in [-0.39, 0.29) is 22.3 Å². The summed E-state index contributed by atoms with van der Waals surface area (Å²) in [5.74, 6) is -8.72. The molecule has 80 heavy (non-hydrogen) atoms. The van der Waals surface area contributed by atoms with E-state index in [9.17, 15) is 30.6 Å². The highest BCUT2D eigenvalue weighted by molar-refractivity contribution is 6.09. The largest absolute Gasteiger partial charge is 0.453 e. The van der Waals surface area contributed by atoms with Gasteiger partial charge in [0.15, 0.2) is 12.7 Å². The molecule has 0 saturated heterocycles. The van der Waals surface area contributed by atoms with Crippen LogP contribution in [-0.4, -0.2) is 42.4 Å². The Bertz CT molecular complexity index is 3550. The first-order valence-corrected chi connectivity index (χ1v) is 25.0. The molecule has 0 aromatic heterocycles. The lowest BCUT2D eigenvalue weighted by atomic mass is 9.93. The molecule has 12 nitrogen and oxygen atoms in total. The predicted octanol–water partition coefficient (Wildman–Crippen LogP) is 12.3. The van der Waals surface area contributed by atoms with Crippen molar-refractivity contribution in [2.24, 2.45) is 0 Å². The van der Waals surface area contributed by atoms with E-state index in [1.807, 2.05) is 24.3 Å². The van der Waals surface area contributed by atoms with Crippen molar-refractivity contribution in [2.45, 2.75) is 18.8 Å². The van der Waals surface area contributed by atoms with Crippen molar-refractivity contribution in [1.82, 2.24) is 0 Å². The Hall–Kier alpha value is -11.4. The van der Waals surface area contributed by atoms with Crippen LogP contribution in [0.25, 0.3) is 22.3 Å². The number of hydrogen-bond acceptors (Lipinski definition) is 12. The quantitative estimate of drug-likeness (QED) is 0.0259. The highest BCUT2D eigenvalue weighted by atomic mass is 16.8. The number of carbonyl (C=O) groups is 4. The molecule has 386 valence electrons. The van der Waals surface area contributed by atoms with Gasteiger partial charge in [0.2, 0.25) is 0 Å². The minimum Gasteiger partial charge on any atom is -0.453 e. The van der Waals surface area contributed by atoms with E-state index in [1.54, 1.807) is 243 Å². The Morgan fingerprint density at radius 3 is 0.750 bits per heavy atom. The van der Waals surface area contributed by atoms with Crippen LogP contribution in [0.4, 0.5) is 0 Å². The molecule has 0 N–H and O–H groups in total. The maximum absolute atomic E-state index is 15.4. The maximum atomic E-state index is 15.4. The van der Waals surface area contributed by atoms with Gasteiger partial charge in [-0.05, 0) is 51.4 Å². The summed E-state index contributed by atoms with van der Waals surface area (Å²) >= 11 is 0. The topological polar surface area (TPSA) is 200 Å². The molecule has 1 unspecified atom stereocenters. The van der Waals surface area contributed by atoms with Gasteiger partial charge in [0.1, 0.15) is 46.6 Å². The molecule has 8 rings (SSSR count). The van der Waals surface area contributed by atoms with Gasteiger partial charge in [-0.15, -0.1) is 0 Å². The Morgan fingerprint density at radius 1 is 0.338 bits per heavy atom. The maximum Gasteiger partial charge on any atom is 0.353 e. The number of rotatable bonds is 18. The van der Waals surface area contributed by atoms with E-state index in [2.05, 4.69) is 0 Å². The predicted molar refractivity (Wildman–Crippen MR) is 300 cm³/mol. The lowest BCUT2D eigenvalue weighted by Crippen LogP contribution is -2.55. The van der Waals surface area contributed by atoms with E-state index < -0.39 is 64.7 Å². The van der Waals surface area contributed by atoms with Crippen molar-refractivity contribution in [1.29, 1.82) is 21.0 Å². The molecule has 0 bridgehead atoms. The molecule has 0 heterocycles. The fourth-order valence-electron chi connectivity index (χ4n) is 8.80. The second kappa shape index (κ2) is 26.4. The summed E-state index contributed by atoms with van der Waals surface area (Å²) in [7, 11) is 0. The monoisotopic (exact) mass is 1050 g/mol. The van der Waals surface area contributed by atoms with Crippen molar-refractivity contribution in [2.75, 3.05) is 6.61 Å². The molecule has 8 aromatic carbocycles. The summed E-state index contributed by atoms with van der Waals surface area (Å²) in [5.41, 5.74) is 1.41. The summed E-state index contributed by atoms with van der Waals surface area (Å²) in [6.45, 7) is -0.187. The van der Waals surface area contributed by atoms with Gasteiger partial charge in [-0.2, -0.15) is 21.0 Å². The molecule has 0 spiro atoms. The highest BCUT2D eigenvalue weighted by Gasteiger charge is 2.51. The number of benzene rings is 8. The van der Waals surface area contributed by atoms with E-state index in [0.717, 1.165) is 6.92 Å². The summed E-state index contributed by atoms with van der Waals surface area (Å²) in [6, 6.07) is 75.8. The molecule has 0 aliphatic rings. The molecule has 0 aliphatic heterocycles. The zero-order chi connectivity index (χ0) is 56.3. The van der Waals surface area contributed by atoms with Gasteiger partial charge in [-0.3, -0.25) is 0 Å². The first-order valence-electron chi connectivity index (χ1n) is 25.0. The molecule has 0 amide bonds. The highest BCUT2D eigenvalue weighted by Crippen LogP contribution is 2.36. The van der Waals surface area contributed by atoms with Gasteiger partial charge in [0.25, 0.3) is 0 Å². The van der Waals surface area contributed by atoms with Crippen molar-refractivity contribution < 1.29 is 38.1 Å². The van der Waals surface area contributed by atoms with Crippen LogP contribution in [0, 0.1) is 45.3 Å². The van der Waals surface area contributed by atoms with Crippen molar-refractivity contribution in [3.8, 4) is 24.3 Å². The van der Waals surface area contributed by atoms with Gasteiger partial charge in [-0.1, -0.05) is 243 Å². The smallest absolute Gasteiger partial charge is 0.353 e. The van der Waals surface area contributed by atoms with Gasteiger partial charge in [0, 0.05) is 22.3 Å². The number of nitriles is 4. The Labute approximate surface area is 462 Å². The summed E-state index contributed by atoms with van der Waals surface area (Å²) in [6.07, 6.45) is -2.09. The third-order valence-electron chi connectivity index (χ3n) is 12.6. The van der Waals surface area contributed by atoms with Gasteiger partial charge in [0.05, 0.1) is 0 Å². The number of ether oxygens (including phenoxy) is 4. The zero-order valence-electron chi connectivity index (χ0n) is 42.9. The molecule has 0 aliphatic carbocycles. The van der Waals surface area contributed by atoms with Crippen LogP contribution in [0.2, 0.25) is 0 Å². The first kappa shape index (κ1) is 54.8. The average Bonchev–Trinajstić information content (AvgIpc) is 3.53. The fraction of sp³-hybridized carbons (Fsp3) is 0.0588. The van der Waals surface area contributed by atoms with Crippen LogP contribution in [0.5, 0.6) is 0 Å². The van der Waals surface area contributed by atoms with Crippen molar-refractivity contribution in [3.05, 3.63) is 309 Å². The fourth-order valence-corrected chi connectivity index (χ4v) is 8.80. The van der Waals surface area contributed by atoms with E-state index in [0.29, 0.717) is 44.5 Å². The van der Waals surface area contributed by atoms with E-state index in [4.69, 9.17) is 18.9 Å². The first-order chi connectivity index (χ1) is 39.1. The van der Waals surface area contributed by atoms with Crippen LogP contribution in [-0.2, 0) is 38.1 Å². The molecule has 0 saturated carbocycles. The SMILES string of the molecule is CC(OC(=O)C(C#N)=C(c1ccccc1)c1ccccc1)C(COC(=O)C(C#N)=C(c1ccccc1)c1ccccc1)(OC(=O)C(C#N)=C(c1ccccc1)c1ccccc1)OC(=O)C(C#N)=C(c1ccccc1)c1ccccc1. The normalized spacial score (nSPS) is 10.7. The molecule has 12 heteroatoms. The second-order valence-electron chi connectivity index (χ2n) is 17.6. The van der Waals surface area contributed by atoms with Crippen LogP contribution >= 0.6 is 0 Å². The molecular weight excluding hydrogens is 1000 g/mol. The van der Waals surface area contributed by atoms with Gasteiger partial charge in [-0.25, -0.2) is 19.2 Å². The number of esters is 4. The van der Waals surface area contributed by atoms with Crippen molar-refractivity contribution in [3.63, 3.8) is 0 Å². The minimum absolute atomic E-state index is 0.0729. The van der Waals surface area contributed by atoms with E-state index in [1.165, 1.54) is 0 Å². The van der Waals surface area contributed by atoms with Crippen LogP contribution in [0.1, 0.15) is 51.4 Å². The lowest BCUT2D eigenvalue weighted by Gasteiger charge is -2.36. The Morgan fingerprint density at radius 2 is 0.537 bits per heavy atom. The number of nitrogens with zero attached hydrogens (tertiary/aromatic N) is 4. The lowest BCUT2D eigenvalue weighted by molar-refractivity contribution is -0.271. The molecule has 0 radical (unpaired) electrons. The van der Waals surface area contributed by atoms with Gasteiger partial charge < -0.3 is 18.9 Å². The Balaban J connectivity index is 1.38. The molecule has 0 fully saturated rings. The number of carbonyl (C=O) groups excluding carboxylic acids is 4. The molecule has 1 atom stereocenters. The zero-order valence-corrected chi connectivity index (χ0v) is 42.9. The van der Waals surface area contributed by atoms with Crippen LogP contribution < -0.4 is 0 Å². The Kier molecular flexibility index (Phi) is 18.1. The third kappa shape index (κ3) is 12.6. The molecular formula is C68H46N4O8. The summed E-state index contributed by atoms with van der Waals surface area (Å²) < 4.78 is 24.8. The minimum atomic E-state index is -3.17. The summed E-state index contributed by atoms with van der Waals surface area (Å²) in [4.78, 5) is 60.6. The summed E-state index contributed by atoms with van der Waals surface area (Å²) in [5, 5.41) is 43.9. The average molecular weight is 1050 g/mol.